The summed E-state index contributed by atoms with van der Waals surface area (Å²) >= 11 is 0. The van der Waals surface area contributed by atoms with Crippen LogP contribution in [-0.2, 0) is 0 Å². The van der Waals surface area contributed by atoms with E-state index in [2.05, 4.69) is 43.0 Å². The van der Waals surface area contributed by atoms with Gasteiger partial charge in [0, 0.05) is 25.2 Å². The third-order valence-corrected chi connectivity index (χ3v) is 4.74. The molecular formula is C18H30N2O. The molecule has 21 heavy (non-hydrogen) atoms. The Hall–Kier alpha value is -0.900. The van der Waals surface area contributed by atoms with Gasteiger partial charge in [-0.05, 0) is 38.2 Å². The maximum absolute atomic E-state index is 9.22. The Morgan fingerprint density at radius 1 is 1.38 bits per heavy atom. The van der Waals surface area contributed by atoms with Crippen LogP contribution in [0.1, 0.15) is 56.2 Å². The minimum atomic E-state index is 0.145. The molecule has 2 atom stereocenters. The second-order valence-corrected chi connectivity index (χ2v) is 6.33. The number of aliphatic hydroxyl groups is 1. The zero-order valence-corrected chi connectivity index (χ0v) is 13.5. The van der Waals surface area contributed by atoms with Crippen molar-refractivity contribution in [3.05, 3.63) is 35.4 Å². The van der Waals surface area contributed by atoms with E-state index in [-0.39, 0.29) is 18.7 Å². The van der Waals surface area contributed by atoms with Crippen molar-refractivity contribution in [2.24, 2.45) is 5.73 Å². The fraction of sp³-hybridized carbons (Fsp3) is 0.667. The second-order valence-electron chi connectivity index (χ2n) is 6.33. The SMILES string of the molecule is CCC(N)C(c1cccc(C)c1)N(CCCO)C1CCC1. The number of nitrogens with zero attached hydrogens (tertiary/aromatic N) is 1. The van der Waals surface area contributed by atoms with Crippen LogP contribution in [0.5, 0.6) is 0 Å². The van der Waals surface area contributed by atoms with Crippen molar-refractivity contribution in [1.29, 1.82) is 0 Å². The largest absolute Gasteiger partial charge is 0.396 e. The molecule has 0 saturated heterocycles. The molecule has 2 rings (SSSR count). The Bertz CT molecular complexity index is 431. The average Bonchev–Trinajstić information content (AvgIpc) is 2.42. The van der Waals surface area contributed by atoms with Gasteiger partial charge in [0.05, 0.1) is 6.04 Å². The Kier molecular flexibility index (Phi) is 6.22. The lowest BCUT2D eigenvalue weighted by Crippen LogP contribution is -2.49. The molecule has 3 N–H and O–H groups in total. The van der Waals surface area contributed by atoms with Gasteiger partial charge in [0.15, 0.2) is 0 Å². The van der Waals surface area contributed by atoms with Crippen LogP contribution in [0.2, 0.25) is 0 Å². The Morgan fingerprint density at radius 2 is 2.14 bits per heavy atom. The van der Waals surface area contributed by atoms with Crippen LogP contribution in [0.4, 0.5) is 0 Å². The third kappa shape index (κ3) is 4.06. The van der Waals surface area contributed by atoms with Gasteiger partial charge in [-0.25, -0.2) is 0 Å². The van der Waals surface area contributed by atoms with E-state index >= 15 is 0 Å². The van der Waals surface area contributed by atoms with E-state index in [0.717, 1.165) is 19.4 Å². The van der Waals surface area contributed by atoms with Crippen LogP contribution in [0.3, 0.4) is 0 Å². The minimum Gasteiger partial charge on any atom is -0.396 e. The molecule has 1 aliphatic rings. The molecule has 0 spiro atoms. The molecule has 118 valence electrons. The molecule has 0 aromatic heterocycles. The fourth-order valence-corrected chi connectivity index (χ4v) is 3.28. The highest BCUT2D eigenvalue weighted by Gasteiger charge is 2.33. The van der Waals surface area contributed by atoms with E-state index in [1.165, 1.54) is 30.4 Å². The van der Waals surface area contributed by atoms with Crippen molar-refractivity contribution in [1.82, 2.24) is 4.90 Å². The standard InChI is InChI=1S/C18H30N2O/c1-3-17(19)18(15-8-4-7-14(2)13-15)20(11-6-12-21)16-9-5-10-16/h4,7-8,13,16-18,21H,3,5-6,9-12,19H2,1-2H3. The molecule has 1 fully saturated rings. The molecular weight excluding hydrogens is 260 g/mol. The topological polar surface area (TPSA) is 49.5 Å². The van der Waals surface area contributed by atoms with Crippen molar-refractivity contribution < 1.29 is 5.11 Å². The molecule has 3 nitrogen and oxygen atoms in total. The van der Waals surface area contributed by atoms with Crippen molar-refractivity contribution in [2.45, 2.75) is 64.1 Å². The van der Waals surface area contributed by atoms with Gasteiger partial charge in [-0.2, -0.15) is 0 Å². The summed E-state index contributed by atoms with van der Waals surface area (Å²) in [6, 6.07) is 9.80. The van der Waals surface area contributed by atoms with Crippen molar-refractivity contribution >= 4 is 0 Å². The average molecular weight is 290 g/mol. The highest BCUT2D eigenvalue weighted by atomic mass is 16.3. The van der Waals surface area contributed by atoms with E-state index < -0.39 is 0 Å². The Labute approximate surface area is 129 Å². The quantitative estimate of drug-likeness (QED) is 0.774. The molecule has 0 aliphatic heterocycles. The predicted octanol–water partition coefficient (Wildman–Crippen LogP) is 3.01. The van der Waals surface area contributed by atoms with Crippen LogP contribution in [0.25, 0.3) is 0 Å². The van der Waals surface area contributed by atoms with Crippen molar-refractivity contribution in [3.63, 3.8) is 0 Å². The van der Waals surface area contributed by atoms with Crippen LogP contribution in [0.15, 0.2) is 24.3 Å². The summed E-state index contributed by atoms with van der Waals surface area (Å²) in [6.07, 6.45) is 5.66. The Balaban J connectivity index is 2.26. The van der Waals surface area contributed by atoms with E-state index in [9.17, 15) is 5.11 Å². The van der Waals surface area contributed by atoms with Crippen LogP contribution < -0.4 is 5.73 Å². The van der Waals surface area contributed by atoms with Crippen LogP contribution in [-0.4, -0.2) is 35.2 Å². The maximum atomic E-state index is 9.22. The smallest absolute Gasteiger partial charge is 0.0502 e. The van der Waals surface area contributed by atoms with Gasteiger partial charge in [-0.15, -0.1) is 0 Å². The van der Waals surface area contributed by atoms with E-state index in [0.29, 0.717) is 6.04 Å². The zero-order valence-electron chi connectivity index (χ0n) is 13.5. The molecule has 2 unspecified atom stereocenters. The first-order chi connectivity index (χ1) is 10.2. The molecule has 3 heteroatoms. The molecule has 1 saturated carbocycles. The van der Waals surface area contributed by atoms with Crippen LogP contribution >= 0.6 is 0 Å². The highest BCUT2D eigenvalue weighted by molar-refractivity contribution is 5.26. The summed E-state index contributed by atoms with van der Waals surface area (Å²) in [5.41, 5.74) is 9.10. The first-order valence-electron chi connectivity index (χ1n) is 8.36. The summed E-state index contributed by atoms with van der Waals surface area (Å²) in [7, 11) is 0. The van der Waals surface area contributed by atoms with Gasteiger partial charge >= 0.3 is 0 Å². The van der Waals surface area contributed by atoms with Gasteiger partial charge in [0.1, 0.15) is 0 Å². The van der Waals surface area contributed by atoms with E-state index in [4.69, 9.17) is 5.73 Å². The number of aryl methyl sites for hydroxylation is 1. The van der Waals surface area contributed by atoms with Gasteiger partial charge < -0.3 is 10.8 Å². The normalized spacial score (nSPS) is 18.5. The first kappa shape index (κ1) is 16.5. The van der Waals surface area contributed by atoms with Gasteiger partial charge in [-0.1, -0.05) is 43.2 Å². The summed E-state index contributed by atoms with van der Waals surface area (Å²) in [4.78, 5) is 2.56. The monoisotopic (exact) mass is 290 g/mol. The van der Waals surface area contributed by atoms with Gasteiger partial charge in [-0.3, -0.25) is 4.90 Å². The summed E-state index contributed by atoms with van der Waals surface area (Å²) in [5, 5.41) is 9.22. The predicted molar refractivity (Wildman–Crippen MR) is 88.2 cm³/mol. The zero-order chi connectivity index (χ0) is 15.2. The summed E-state index contributed by atoms with van der Waals surface area (Å²) in [6.45, 7) is 5.50. The fourth-order valence-electron chi connectivity index (χ4n) is 3.28. The summed E-state index contributed by atoms with van der Waals surface area (Å²) < 4.78 is 0. The molecule has 0 amide bonds. The number of rotatable bonds is 8. The molecule has 0 radical (unpaired) electrons. The first-order valence-corrected chi connectivity index (χ1v) is 8.36. The maximum Gasteiger partial charge on any atom is 0.0502 e. The van der Waals surface area contributed by atoms with Crippen LogP contribution in [0, 0.1) is 6.92 Å². The molecule has 1 aromatic carbocycles. The molecule has 0 heterocycles. The number of hydrogen-bond donors (Lipinski definition) is 2. The number of nitrogens with two attached hydrogens (primary N) is 1. The summed E-state index contributed by atoms with van der Waals surface area (Å²) in [5.74, 6) is 0. The third-order valence-electron chi connectivity index (χ3n) is 4.74. The van der Waals surface area contributed by atoms with E-state index in [1.807, 2.05) is 0 Å². The lowest BCUT2D eigenvalue weighted by molar-refractivity contribution is 0.0579. The minimum absolute atomic E-state index is 0.145. The molecule has 0 bridgehead atoms. The number of benzene rings is 1. The molecule has 1 aromatic rings. The van der Waals surface area contributed by atoms with Gasteiger partial charge in [0.2, 0.25) is 0 Å². The second kappa shape index (κ2) is 7.92. The van der Waals surface area contributed by atoms with E-state index in [1.54, 1.807) is 0 Å². The Morgan fingerprint density at radius 3 is 2.67 bits per heavy atom. The number of hydrogen-bond acceptors (Lipinski definition) is 3. The lowest BCUT2D eigenvalue weighted by Gasteiger charge is -2.45. The van der Waals surface area contributed by atoms with Crippen molar-refractivity contribution in [2.75, 3.05) is 13.2 Å². The lowest BCUT2D eigenvalue weighted by atomic mass is 9.86. The van der Waals surface area contributed by atoms with Gasteiger partial charge in [0.25, 0.3) is 0 Å². The highest BCUT2D eigenvalue weighted by Crippen LogP contribution is 2.34. The number of aliphatic hydroxyl groups excluding tert-OH is 1. The van der Waals surface area contributed by atoms with Crippen molar-refractivity contribution in [3.8, 4) is 0 Å². The molecule has 1 aliphatic carbocycles.